The van der Waals surface area contributed by atoms with Gasteiger partial charge in [-0.2, -0.15) is 0 Å². The molecule has 0 radical (unpaired) electrons. The fraction of sp³-hybridized carbons (Fsp3) is 0.360. The van der Waals surface area contributed by atoms with Gasteiger partial charge < -0.3 is 18.9 Å². The first-order chi connectivity index (χ1) is 15.1. The Hall–Kier alpha value is -3.28. The summed E-state index contributed by atoms with van der Waals surface area (Å²) >= 11 is 0. The zero-order valence-electron chi connectivity index (χ0n) is 18.0. The molecular weight excluding hydrogens is 392 g/mol. The zero-order chi connectivity index (χ0) is 21.6. The number of likely N-dealkylation sites (tertiary alicyclic amines) is 1. The minimum atomic E-state index is -0.103. The van der Waals surface area contributed by atoms with E-state index in [9.17, 15) is 4.79 Å². The summed E-state index contributed by atoms with van der Waals surface area (Å²) in [5.74, 6) is 2.13. The number of carbonyl (C=O) groups is 1. The fourth-order valence-corrected chi connectivity index (χ4v) is 3.90. The van der Waals surface area contributed by atoms with E-state index >= 15 is 0 Å². The Morgan fingerprint density at radius 1 is 1.10 bits per heavy atom. The standard InChI is InChI=1S/C25H28N2O4/c1-18(19-6-4-3-5-7-19)16-20-17-24(31-26-20)25(28)27-14-12-23(13-15-27)30-22-10-8-21(29-2)9-11-22/h3-11,17-18,23H,12-16H2,1-2H3/t18-/m0/s1. The number of hydrogen-bond donors (Lipinski definition) is 0. The van der Waals surface area contributed by atoms with E-state index in [0.29, 0.717) is 24.8 Å². The van der Waals surface area contributed by atoms with E-state index in [-0.39, 0.29) is 12.0 Å². The lowest BCUT2D eigenvalue weighted by molar-refractivity contribution is 0.0558. The van der Waals surface area contributed by atoms with Crippen LogP contribution in [0.15, 0.2) is 65.2 Å². The van der Waals surface area contributed by atoms with Gasteiger partial charge in [-0.3, -0.25) is 4.79 Å². The highest BCUT2D eigenvalue weighted by molar-refractivity contribution is 5.91. The summed E-state index contributed by atoms with van der Waals surface area (Å²) in [4.78, 5) is 14.7. The second-order valence-electron chi connectivity index (χ2n) is 7.98. The van der Waals surface area contributed by atoms with Gasteiger partial charge in [0.2, 0.25) is 5.76 Å². The molecule has 1 amide bonds. The zero-order valence-corrected chi connectivity index (χ0v) is 18.0. The number of amides is 1. The van der Waals surface area contributed by atoms with E-state index in [1.54, 1.807) is 13.2 Å². The average molecular weight is 421 g/mol. The third-order valence-electron chi connectivity index (χ3n) is 5.75. The lowest BCUT2D eigenvalue weighted by Crippen LogP contribution is -2.41. The number of nitrogens with zero attached hydrogens (tertiary/aromatic N) is 2. The van der Waals surface area contributed by atoms with Crippen molar-refractivity contribution in [3.8, 4) is 11.5 Å². The smallest absolute Gasteiger partial charge is 0.292 e. The molecule has 1 aliphatic heterocycles. The first kappa shape index (κ1) is 21.0. The molecule has 2 aromatic carbocycles. The van der Waals surface area contributed by atoms with Gasteiger partial charge in [0.15, 0.2) is 0 Å². The molecule has 0 unspecified atom stereocenters. The highest BCUT2D eigenvalue weighted by atomic mass is 16.5. The van der Waals surface area contributed by atoms with E-state index in [1.165, 1.54) is 5.56 Å². The van der Waals surface area contributed by atoms with Crippen LogP contribution in [0.4, 0.5) is 0 Å². The summed E-state index contributed by atoms with van der Waals surface area (Å²) in [6.07, 6.45) is 2.39. The summed E-state index contributed by atoms with van der Waals surface area (Å²) in [6.45, 7) is 3.42. The molecule has 0 N–H and O–H groups in total. The van der Waals surface area contributed by atoms with Crippen molar-refractivity contribution in [2.45, 2.75) is 38.2 Å². The molecule has 3 aromatic rings. The van der Waals surface area contributed by atoms with Crippen LogP contribution in [-0.2, 0) is 6.42 Å². The van der Waals surface area contributed by atoms with E-state index in [1.807, 2.05) is 47.4 Å². The van der Waals surface area contributed by atoms with E-state index < -0.39 is 0 Å². The quantitative estimate of drug-likeness (QED) is 0.554. The maximum Gasteiger partial charge on any atom is 0.292 e. The van der Waals surface area contributed by atoms with Crippen molar-refractivity contribution in [2.75, 3.05) is 20.2 Å². The van der Waals surface area contributed by atoms with Crippen molar-refractivity contribution < 1.29 is 18.8 Å². The Morgan fingerprint density at radius 2 is 1.77 bits per heavy atom. The van der Waals surface area contributed by atoms with Crippen LogP contribution >= 0.6 is 0 Å². The second kappa shape index (κ2) is 9.69. The maximum absolute atomic E-state index is 12.8. The van der Waals surface area contributed by atoms with Gasteiger partial charge in [0, 0.05) is 32.0 Å². The van der Waals surface area contributed by atoms with Gasteiger partial charge in [0.05, 0.1) is 12.8 Å². The van der Waals surface area contributed by atoms with Crippen LogP contribution in [0.2, 0.25) is 0 Å². The van der Waals surface area contributed by atoms with E-state index in [4.69, 9.17) is 14.0 Å². The third kappa shape index (κ3) is 5.26. The molecule has 2 heterocycles. The van der Waals surface area contributed by atoms with Crippen molar-refractivity contribution in [1.82, 2.24) is 10.1 Å². The summed E-state index contributed by atoms with van der Waals surface area (Å²) in [6, 6.07) is 19.6. The van der Waals surface area contributed by atoms with Gasteiger partial charge in [0.25, 0.3) is 5.91 Å². The number of carbonyl (C=O) groups excluding carboxylic acids is 1. The van der Waals surface area contributed by atoms with Gasteiger partial charge in [-0.25, -0.2) is 0 Å². The summed E-state index contributed by atoms with van der Waals surface area (Å²) in [7, 11) is 1.64. The molecule has 6 nitrogen and oxygen atoms in total. The highest BCUT2D eigenvalue weighted by Gasteiger charge is 2.27. The fourth-order valence-electron chi connectivity index (χ4n) is 3.90. The minimum absolute atomic E-state index is 0.0921. The minimum Gasteiger partial charge on any atom is -0.497 e. The molecular formula is C25H28N2O4. The van der Waals surface area contributed by atoms with Crippen LogP contribution < -0.4 is 9.47 Å². The predicted octanol–water partition coefficient (Wildman–Crippen LogP) is 4.71. The van der Waals surface area contributed by atoms with Crippen molar-refractivity contribution in [3.63, 3.8) is 0 Å². The largest absolute Gasteiger partial charge is 0.497 e. The Bertz CT molecular complexity index is 976. The van der Waals surface area contributed by atoms with Gasteiger partial charge in [0.1, 0.15) is 17.6 Å². The van der Waals surface area contributed by atoms with Crippen LogP contribution in [-0.4, -0.2) is 42.3 Å². The summed E-state index contributed by atoms with van der Waals surface area (Å²) in [5.41, 5.74) is 2.05. The number of piperidine rings is 1. The van der Waals surface area contributed by atoms with Crippen molar-refractivity contribution in [2.24, 2.45) is 0 Å². The molecule has 1 aliphatic rings. The average Bonchev–Trinajstić information content (AvgIpc) is 3.28. The molecule has 1 saturated heterocycles. The third-order valence-corrected chi connectivity index (χ3v) is 5.75. The number of hydrogen-bond acceptors (Lipinski definition) is 5. The number of benzene rings is 2. The van der Waals surface area contributed by atoms with E-state index in [2.05, 4.69) is 24.2 Å². The SMILES string of the molecule is COc1ccc(OC2CCN(C(=O)c3cc(C[C@H](C)c4ccccc4)no3)CC2)cc1. The molecule has 1 aromatic heterocycles. The van der Waals surface area contributed by atoms with Crippen LogP contribution in [0.25, 0.3) is 0 Å². The van der Waals surface area contributed by atoms with Crippen LogP contribution in [0, 0.1) is 0 Å². The monoisotopic (exact) mass is 420 g/mol. The Kier molecular flexibility index (Phi) is 6.55. The summed E-state index contributed by atoms with van der Waals surface area (Å²) in [5, 5.41) is 4.13. The first-order valence-electron chi connectivity index (χ1n) is 10.7. The molecule has 4 rings (SSSR count). The molecule has 1 atom stereocenters. The van der Waals surface area contributed by atoms with Gasteiger partial charge in [-0.15, -0.1) is 0 Å². The number of rotatable bonds is 7. The molecule has 31 heavy (non-hydrogen) atoms. The number of ether oxygens (including phenoxy) is 2. The van der Waals surface area contributed by atoms with E-state index in [0.717, 1.165) is 36.5 Å². The molecule has 1 fully saturated rings. The van der Waals surface area contributed by atoms with Crippen molar-refractivity contribution in [3.05, 3.63) is 77.7 Å². The molecule has 0 saturated carbocycles. The van der Waals surface area contributed by atoms with Crippen molar-refractivity contribution >= 4 is 5.91 Å². The maximum atomic E-state index is 12.8. The second-order valence-corrected chi connectivity index (χ2v) is 7.98. The first-order valence-corrected chi connectivity index (χ1v) is 10.7. The predicted molar refractivity (Wildman–Crippen MR) is 118 cm³/mol. The van der Waals surface area contributed by atoms with Crippen LogP contribution in [0.1, 0.15) is 47.5 Å². The lowest BCUT2D eigenvalue weighted by atomic mass is 9.96. The summed E-state index contributed by atoms with van der Waals surface area (Å²) < 4.78 is 16.6. The molecule has 0 aliphatic carbocycles. The molecule has 0 bridgehead atoms. The lowest BCUT2D eigenvalue weighted by Gasteiger charge is -2.31. The normalized spacial score (nSPS) is 15.5. The molecule has 0 spiro atoms. The molecule has 6 heteroatoms. The van der Waals surface area contributed by atoms with Gasteiger partial charge in [-0.05, 0) is 42.2 Å². The Morgan fingerprint density at radius 3 is 2.45 bits per heavy atom. The molecule has 162 valence electrons. The Labute approximate surface area is 182 Å². The van der Waals surface area contributed by atoms with Crippen LogP contribution in [0.5, 0.6) is 11.5 Å². The van der Waals surface area contributed by atoms with Gasteiger partial charge in [-0.1, -0.05) is 42.4 Å². The highest BCUT2D eigenvalue weighted by Crippen LogP contribution is 2.24. The Balaban J connectivity index is 1.28. The van der Waals surface area contributed by atoms with Crippen LogP contribution in [0.3, 0.4) is 0 Å². The number of aromatic nitrogens is 1. The van der Waals surface area contributed by atoms with Crippen molar-refractivity contribution in [1.29, 1.82) is 0 Å². The van der Waals surface area contributed by atoms with Gasteiger partial charge >= 0.3 is 0 Å². The number of methoxy groups -OCH3 is 1. The topological polar surface area (TPSA) is 64.8 Å².